The Bertz CT molecular complexity index is 289. The molecule has 13 heavy (non-hydrogen) atoms. The van der Waals surface area contributed by atoms with Crippen LogP contribution in [0, 0.1) is 0 Å². The Morgan fingerprint density at radius 1 is 1.38 bits per heavy atom. The fourth-order valence-corrected chi connectivity index (χ4v) is 1.32. The fraction of sp³-hybridized carbons (Fsp3) is 0.333. The highest BCUT2D eigenvalue weighted by Gasteiger charge is 2.04. The smallest absolute Gasteiger partial charge is 0.119 e. The van der Waals surface area contributed by atoms with Gasteiger partial charge in [0.05, 0.1) is 0 Å². The van der Waals surface area contributed by atoms with E-state index in [4.69, 9.17) is 0 Å². The van der Waals surface area contributed by atoms with Crippen LogP contribution in [0.3, 0.4) is 0 Å². The lowest BCUT2D eigenvalue weighted by Crippen LogP contribution is -1.88. The minimum absolute atomic E-state index is 0.293. The first-order valence-electron chi connectivity index (χ1n) is 4.70. The molecule has 0 aromatic heterocycles. The molecular formula is C12H16O. The fourth-order valence-electron chi connectivity index (χ4n) is 1.32. The molecule has 0 heterocycles. The van der Waals surface area contributed by atoms with E-state index >= 15 is 0 Å². The highest BCUT2D eigenvalue weighted by molar-refractivity contribution is 5.36. The maximum Gasteiger partial charge on any atom is 0.119 e. The second-order valence-electron chi connectivity index (χ2n) is 3.18. The van der Waals surface area contributed by atoms with Crippen molar-refractivity contribution in [1.29, 1.82) is 0 Å². The van der Waals surface area contributed by atoms with Crippen LogP contribution in [0.25, 0.3) is 0 Å². The molecule has 1 rings (SSSR count). The van der Waals surface area contributed by atoms with Crippen molar-refractivity contribution in [3.05, 3.63) is 42.0 Å². The first-order chi connectivity index (χ1) is 6.25. The van der Waals surface area contributed by atoms with Gasteiger partial charge in [0.2, 0.25) is 0 Å². The standard InChI is InChI=1S/C12H16O/c1-3-4-7-10(2)11-8-5-6-9-12(11)13/h4-10,13H,3H2,1-2H3/b7-4+. The summed E-state index contributed by atoms with van der Waals surface area (Å²) in [5.74, 6) is 0.678. The third-order valence-electron chi connectivity index (χ3n) is 2.09. The van der Waals surface area contributed by atoms with Crippen LogP contribution in [0.2, 0.25) is 0 Å². The molecule has 0 saturated carbocycles. The largest absolute Gasteiger partial charge is 0.508 e. The topological polar surface area (TPSA) is 20.2 Å². The summed E-state index contributed by atoms with van der Waals surface area (Å²) >= 11 is 0. The lowest BCUT2D eigenvalue weighted by atomic mass is 9.99. The van der Waals surface area contributed by atoms with Crippen LogP contribution in [-0.4, -0.2) is 5.11 Å². The van der Waals surface area contributed by atoms with Gasteiger partial charge in [0.1, 0.15) is 5.75 Å². The summed E-state index contributed by atoms with van der Waals surface area (Å²) in [7, 11) is 0. The number of benzene rings is 1. The van der Waals surface area contributed by atoms with Gasteiger partial charge in [0, 0.05) is 11.5 Å². The minimum atomic E-state index is 0.293. The van der Waals surface area contributed by atoms with Gasteiger partial charge in [0.15, 0.2) is 0 Å². The van der Waals surface area contributed by atoms with Gasteiger partial charge in [-0.05, 0) is 12.5 Å². The molecule has 1 aromatic rings. The number of phenols is 1. The van der Waals surface area contributed by atoms with Gasteiger partial charge >= 0.3 is 0 Å². The molecule has 0 bridgehead atoms. The van der Waals surface area contributed by atoms with Gasteiger partial charge in [-0.1, -0.05) is 44.2 Å². The Morgan fingerprint density at radius 3 is 2.69 bits per heavy atom. The molecule has 0 aliphatic carbocycles. The zero-order valence-corrected chi connectivity index (χ0v) is 8.20. The van der Waals surface area contributed by atoms with Crippen LogP contribution in [0.15, 0.2) is 36.4 Å². The number of aromatic hydroxyl groups is 1. The van der Waals surface area contributed by atoms with Gasteiger partial charge in [0.25, 0.3) is 0 Å². The SMILES string of the molecule is CC/C=C/C(C)c1ccccc1O. The molecule has 0 saturated heterocycles. The molecule has 1 nitrogen and oxygen atoms in total. The Labute approximate surface area is 79.7 Å². The maximum absolute atomic E-state index is 9.55. The summed E-state index contributed by atoms with van der Waals surface area (Å²) < 4.78 is 0. The predicted octanol–water partition coefficient (Wildman–Crippen LogP) is 3.46. The average molecular weight is 176 g/mol. The summed E-state index contributed by atoms with van der Waals surface area (Å²) in [4.78, 5) is 0. The molecule has 0 aliphatic heterocycles. The summed E-state index contributed by atoms with van der Waals surface area (Å²) in [5, 5.41) is 9.55. The third kappa shape index (κ3) is 2.62. The maximum atomic E-state index is 9.55. The van der Waals surface area contributed by atoms with Crippen molar-refractivity contribution in [2.75, 3.05) is 0 Å². The molecule has 0 fully saturated rings. The van der Waals surface area contributed by atoms with Gasteiger partial charge in [-0.15, -0.1) is 0 Å². The van der Waals surface area contributed by atoms with E-state index in [1.807, 2.05) is 18.2 Å². The molecule has 1 atom stereocenters. The van der Waals surface area contributed by atoms with Gasteiger partial charge in [-0.3, -0.25) is 0 Å². The zero-order chi connectivity index (χ0) is 9.68. The Hall–Kier alpha value is -1.24. The van der Waals surface area contributed by atoms with Crippen LogP contribution in [0.5, 0.6) is 5.75 Å². The number of rotatable bonds is 3. The van der Waals surface area contributed by atoms with Crippen molar-refractivity contribution >= 4 is 0 Å². The highest BCUT2D eigenvalue weighted by atomic mass is 16.3. The molecule has 0 radical (unpaired) electrons. The van der Waals surface area contributed by atoms with Crippen LogP contribution in [0.1, 0.15) is 31.7 Å². The lowest BCUT2D eigenvalue weighted by molar-refractivity contribution is 0.466. The van der Waals surface area contributed by atoms with E-state index in [2.05, 4.69) is 26.0 Å². The summed E-state index contributed by atoms with van der Waals surface area (Å²) in [5.41, 5.74) is 0.993. The van der Waals surface area contributed by atoms with Crippen LogP contribution < -0.4 is 0 Å². The number of hydrogen-bond acceptors (Lipinski definition) is 1. The number of phenolic OH excluding ortho intramolecular Hbond substituents is 1. The van der Waals surface area contributed by atoms with E-state index < -0.39 is 0 Å². The first kappa shape index (κ1) is 9.85. The van der Waals surface area contributed by atoms with E-state index in [0.29, 0.717) is 11.7 Å². The molecule has 0 spiro atoms. The molecule has 0 amide bonds. The Morgan fingerprint density at radius 2 is 2.08 bits per heavy atom. The number of hydrogen-bond donors (Lipinski definition) is 1. The van der Waals surface area contributed by atoms with E-state index in [9.17, 15) is 5.11 Å². The molecule has 1 heteroatoms. The second kappa shape index (κ2) is 4.70. The monoisotopic (exact) mass is 176 g/mol. The summed E-state index contributed by atoms with van der Waals surface area (Å²) in [6.45, 7) is 4.19. The number of allylic oxidation sites excluding steroid dienone is 2. The molecule has 1 unspecified atom stereocenters. The number of para-hydroxylation sites is 1. The van der Waals surface area contributed by atoms with Crippen LogP contribution in [0.4, 0.5) is 0 Å². The molecule has 0 aliphatic rings. The average Bonchev–Trinajstić information content (AvgIpc) is 2.15. The molecule has 1 N–H and O–H groups in total. The van der Waals surface area contributed by atoms with Crippen molar-refractivity contribution < 1.29 is 5.11 Å². The molecular weight excluding hydrogens is 160 g/mol. The van der Waals surface area contributed by atoms with E-state index in [1.54, 1.807) is 6.07 Å². The van der Waals surface area contributed by atoms with Gasteiger partial charge in [-0.25, -0.2) is 0 Å². The van der Waals surface area contributed by atoms with Crippen molar-refractivity contribution in [1.82, 2.24) is 0 Å². The van der Waals surface area contributed by atoms with Crippen molar-refractivity contribution in [2.45, 2.75) is 26.2 Å². The van der Waals surface area contributed by atoms with Crippen LogP contribution in [-0.2, 0) is 0 Å². The van der Waals surface area contributed by atoms with E-state index in [0.717, 1.165) is 12.0 Å². The van der Waals surface area contributed by atoms with Crippen molar-refractivity contribution in [2.24, 2.45) is 0 Å². The van der Waals surface area contributed by atoms with Crippen molar-refractivity contribution in [3.63, 3.8) is 0 Å². The third-order valence-corrected chi connectivity index (χ3v) is 2.09. The predicted molar refractivity (Wildman–Crippen MR) is 56.0 cm³/mol. The normalized spacial score (nSPS) is 13.4. The Balaban J connectivity index is 2.82. The summed E-state index contributed by atoms with van der Waals surface area (Å²) in [6, 6.07) is 7.48. The molecule has 1 aromatic carbocycles. The van der Waals surface area contributed by atoms with Crippen LogP contribution >= 0.6 is 0 Å². The Kier molecular flexibility index (Phi) is 3.56. The minimum Gasteiger partial charge on any atom is -0.508 e. The summed E-state index contributed by atoms with van der Waals surface area (Å²) in [6.07, 6.45) is 5.28. The second-order valence-corrected chi connectivity index (χ2v) is 3.18. The first-order valence-corrected chi connectivity index (χ1v) is 4.70. The van der Waals surface area contributed by atoms with E-state index in [1.165, 1.54) is 0 Å². The van der Waals surface area contributed by atoms with E-state index in [-0.39, 0.29) is 0 Å². The quantitative estimate of drug-likeness (QED) is 0.699. The van der Waals surface area contributed by atoms with Crippen molar-refractivity contribution in [3.8, 4) is 5.75 Å². The van der Waals surface area contributed by atoms with Gasteiger partial charge < -0.3 is 5.11 Å². The zero-order valence-electron chi connectivity index (χ0n) is 8.20. The highest BCUT2D eigenvalue weighted by Crippen LogP contribution is 2.25. The lowest BCUT2D eigenvalue weighted by Gasteiger charge is -2.08. The van der Waals surface area contributed by atoms with Gasteiger partial charge in [-0.2, -0.15) is 0 Å². The molecule has 70 valence electrons.